The Morgan fingerprint density at radius 3 is 2.57 bits per heavy atom. The van der Waals surface area contributed by atoms with Crippen LogP contribution in [-0.4, -0.2) is 22.2 Å². The van der Waals surface area contributed by atoms with Gasteiger partial charge in [0.05, 0.1) is 11.9 Å². The van der Waals surface area contributed by atoms with Crippen molar-refractivity contribution in [1.29, 1.82) is 0 Å². The largest absolute Gasteiger partial charge is 0.338 e. The number of hydrogen-bond acceptors (Lipinski definition) is 5. The highest BCUT2D eigenvalue weighted by Crippen LogP contribution is 2.24. The van der Waals surface area contributed by atoms with Gasteiger partial charge in [0.2, 0.25) is 5.95 Å². The number of nitrogens with zero attached hydrogens (tertiary/aromatic N) is 4. The van der Waals surface area contributed by atoms with Gasteiger partial charge in [-0.05, 0) is 33.6 Å². The number of halogens is 1. The second-order valence-electron chi connectivity index (χ2n) is 5.09. The lowest BCUT2D eigenvalue weighted by Crippen LogP contribution is -2.19. The first-order valence-electron chi connectivity index (χ1n) is 7.19. The summed E-state index contributed by atoms with van der Waals surface area (Å²) in [5, 5.41) is 11.4. The summed E-state index contributed by atoms with van der Waals surface area (Å²) in [4.78, 5) is 6.49. The van der Waals surface area contributed by atoms with Crippen molar-refractivity contribution in [3.63, 3.8) is 0 Å². The number of aromatic nitrogens is 3. The molecule has 2 aromatic carbocycles. The van der Waals surface area contributed by atoms with Crippen molar-refractivity contribution in [3.8, 4) is 0 Å². The van der Waals surface area contributed by atoms with Crippen LogP contribution in [0.5, 0.6) is 0 Å². The van der Waals surface area contributed by atoms with E-state index in [1.54, 1.807) is 6.20 Å². The van der Waals surface area contributed by atoms with Crippen molar-refractivity contribution >= 4 is 33.4 Å². The van der Waals surface area contributed by atoms with Crippen molar-refractivity contribution < 1.29 is 0 Å². The molecule has 1 heterocycles. The molecule has 0 radical (unpaired) electrons. The lowest BCUT2D eigenvalue weighted by Gasteiger charge is -2.17. The Hall–Kier alpha value is -2.47. The van der Waals surface area contributed by atoms with Crippen molar-refractivity contribution in [2.24, 2.45) is 0 Å². The Morgan fingerprint density at radius 1 is 1.04 bits per heavy atom. The minimum absolute atomic E-state index is 0.575. The normalized spacial score (nSPS) is 10.3. The molecule has 0 bridgehead atoms. The number of nitrogens with one attached hydrogen (secondary N) is 1. The van der Waals surface area contributed by atoms with Gasteiger partial charge in [0.25, 0.3) is 0 Å². The van der Waals surface area contributed by atoms with Crippen molar-refractivity contribution in [1.82, 2.24) is 15.2 Å². The molecule has 0 aliphatic heterocycles. The average molecular weight is 370 g/mol. The van der Waals surface area contributed by atoms with Gasteiger partial charge in [-0.3, -0.25) is 0 Å². The summed E-state index contributed by atoms with van der Waals surface area (Å²) in [6, 6.07) is 18.1. The quantitative estimate of drug-likeness (QED) is 0.735. The van der Waals surface area contributed by atoms with E-state index in [9.17, 15) is 0 Å². The number of para-hydroxylation sites is 1. The molecule has 5 nitrogen and oxygen atoms in total. The SMILES string of the molecule is CN(Cc1ccccc1)c1nncc(Nc2ccccc2Br)n1. The fraction of sp³-hybridized carbons (Fsp3) is 0.118. The van der Waals surface area contributed by atoms with Crippen LogP contribution in [0.3, 0.4) is 0 Å². The highest BCUT2D eigenvalue weighted by Gasteiger charge is 2.08. The molecule has 0 aliphatic carbocycles. The van der Waals surface area contributed by atoms with Crippen LogP contribution in [0.1, 0.15) is 5.56 Å². The Labute approximate surface area is 143 Å². The first-order chi connectivity index (χ1) is 11.2. The smallest absolute Gasteiger partial charge is 0.247 e. The predicted molar refractivity (Wildman–Crippen MR) is 95.8 cm³/mol. The summed E-state index contributed by atoms with van der Waals surface area (Å²) in [5.41, 5.74) is 2.13. The summed E-state index contributed by atoms with van der Waals surface area (Å²) in [6.45, 7) is 0.723. The van der Waals surface area contributed by atoms with Crippen LogP contribution in [0.2, 0.25) is 0 Å². The van der Waals surface area contributed by atoms with Crippen LogP contribution >= 0.6 is 15.9 Å². The zero-order valence-electron chi connectivity index (χ0n) is 12.6. The fourth-order valence-electron chi connectivity index (χ4n) is 2.14. The van der Waals surface area contributed by atoms with Gasteiger partial charge < -0.3 is 10.2 Å². The predicted octanol–water partition coefficient (Wildman–Crippen LogP) is 4.01. The van der Waals surface area contributed by atoms with Crippen LogP contribution in [0.25, 0.3) is 0 Å². The molecular weight excluding hydrogens is 354 g/mol. The first kappa shape index (κ1) is 15.4. The first-order valence-corrected chi connectivity index (χ1v) is 7.98. The molecule has 6 heteroatoms. The highest BCUT2D eigenvalue weighted by atomic mass is 79.9. The summed E-state index contributed by atoms with van der Waals surface area (Å²) in [6.07, 6.45) is 1.61. The molecule has 0 unspecified atom stereocenters. The molecule has 116 valence electrons. The van der Waals surface area contributed by atoms with Gasteiger partial charge in [0, 0.05) is 18.1 Å². The maximum Gasteiger partial charge on any atom is 0.247 e. The Balaban J connectivity index is 1.76. The molecule has 0 aliphatic rings. The molecule has 1 N–H and O–H groups in total. The maximum atomic E-state index is 4.53. The van der Waals surface area contributed by atoms with E-state index in [1.165, 1.54) is 5.56 Å². The van der Waals surface area contributed by atoms with E-state index < -0.39 is 0 Å². The van der Waals surface area contributed by atoms with Crippen molar-refractivity contribution in [2.45, 2.75) is 6.54 Å². The molecule has 0 amide bonds. The third-order valence-electron chi connectivity index (χ3n) is 3.29. The molecule has 3 aromatic rings. The monoisotopic (exact) mass is 369 g/mol. The van der Waals surface area contributed by atoms with Gasteiger partial charge in [-0.15, -0.1) is 5.10 Å². The van der Waals surface area contributed by atoms with Crippen LogP contribution in [0.4, 0.5) is 17.5 Å². The lowest BCUT2D eigenvalue weighted by molar-refractivity contribution is 0.831. The fourth-order valence-corrected chi connectivity index (χ4v) is 2.53. The summed E-state index contributed by atoms with van der Waals surface area (Å²) in [5.74, 6) is 1.23. The summed E-state index contributed by atoms with van der Waals surface area (Å²) < 4.78 is 0.970. The topological polar surface area (TPSA) is 53.9 Å². The molecule has 0 spiro atoms. The molecule has 0 saturated carbocycles. The maximum absolute atomic E-state index is 4.53. The Bertz CT molecular complexity index is 779. The molecule has 23 heavy (non-hydrogen) atoms. The van der Waals surface area contributed by atoms with Crippen LogP contribution in [0, 0.1) is 0 Å². The molecule has 0 atom stereocenters. The van der Waals surface area contributed by atoms with E-state index in [0.717, 1.165) is 16.7 Å². The van der Waals surface area contributed by atoms with E-state index in [-0.39, 0.29) is 0 Å². The molecule has 1 aromatic heterocycles. The van der Waals surface area contributed by atoms with Crippen molar-refractivity contribution in [3.05, 3.63) is 70.8 Å². The summed E-state index contributed by atoms with van der Waals surface area (Å²) in [7, 11) is 1.95. The van der Waals surface area contributed by atoms with Gasteiger partial charge in [-0.25, -0.2) is 0 Å². The highest BCUT2D eigenvalue weighted by molar-refractivity contribution is 9.10. The third-order valence-corrected chi connectivity index (χ3v) is 3.98. The minimum Gasteiger partial charge on any atom is -0.338 e. The van der Waals surface area contributed by atoms with E-state index in [1.807, 2.05) is 54.4 Å². The van der Waals surface area contributed by atoms with Gasteiger partial charge in [-0.1, -0.05) is 42.5 Å². The zero-order chi connectivity index (χ0) is 16.1. The molecule has 0 fully saturated rings. The van der Waals surface area contributed by atoms with Gasteiger partial charge >= 0.3 is 0 Å². The van der Waals surface area contributed by atoms with E-state index in [4.69, 9.17) is 0 Å². The average Bonchev–Trinajstić information content (AvgIpc) is 2.58. The number of anilines is 3. The van der Waals surface area contributed by atoms with Gasteiger partial charge in [-0.2, -0.15) is 10.1 Å². The molecule has 3 rings (SSSR count). The van der Waals surface area contributed by atoms with E-state index in [0.29, 0.717) is 11.8 Å². The number of rotatable bonds is 5. The van der Waals surface area contributed by atoms with Crippen molar-refractivity contribution in [2.75, 3.05) is 17.3 Å². The number of benzene rings is 2. The lowest BCUT2D eigenvalue weighted by atomic mass is 10.2. The van der Waals surface area contributed by atoms with E-state index >= 15 is 0 Å². The Morgan fingerprint density at radius 2 is 1.78 bits per heavy atom. The second kappa shape index (κ2) is 7.19. The molecule has 0 saturated heterocycles. The Kier molecular flexibility index (Phi) is 4.83. The second-order valence-corrected chi connectivity index (χ2v) is 5.94. The minimum atomic E-state index is 0.575. The van der Waals surface area contributed by atoms with Crippen LogP contribution < -0.4 is 10.2 Å². The summed E-state index contributed by atoms with van der Waals surface area (Å²) >= 11 is 3.51. The third kappa shape index (κ3) is 4.04. The van der Waals surface area contributed by atoms with Crippen LogP contribution in [0.15, 0.2) is 65.3 Å². The van der Waals surface area contributed by atoms with E-state index in [2.05, 4.69) is 48.6 Å². The number of hydrogen-bond donors (Lipinski definition) is 1. The van der Waals surface area contributed by atoms with Crippen LogP contribution in [-0.2, 0) is 6.54 Å². The zero-order valence-corrected chi connectivity index (χ0v) is 14.2. The molecular formula is C17H16BrN5. The standard InChI is InChI=1S/C17H16BrN5/c1-23(12-13-7-3-2-4-8-13)17-21-16(11-19-22-17)20-15-10-6-5-9-14(15)18/h2-11H,12H2,1H3,(H,20,21,22). The van der Waals surface area contributed by atoms with Gasteiger partial charge in [0.15, 0.2) is 5.82 Å². The van der Waals surface area contributed by atoms with Gasteiger partial charge in [0.1, 0.15) is 0 Å².